The van der Waals surface area contributed by atoms with Gasteiger partial charge in [0.1, 0.15) is 23.6 Å². The first-order valence-corrected chi connectivity index (χ1v) is 14.9. The number of benzene rings is 3. The molecule has 4 aromatic rings. The standard InChI is InChI=1S/C25H23ClFN3O5S2/c1-2-37(33,34)30-12-5-13-36(31,32)19-7-3-6-17(14-19)35-18-10-11-23(27)21(15-18)24-20-8-4-9-22(26)25(20)29-16-28-24/h3-4,6-11,14-16,30H,2,5,12-13H2,1H3. The molecule has 0 saturated heterocycles. The van der Waals surface area contributed by atoms with Crippen molar-refractivity contribution in [3.63, 3.8) is 0 Å². The van der Waals surface area contributed by atoms with Crippen LogP contribution in [0.25, 0.3) is 22.2 Å². The van der Waals surface area contributed by atoms with Crippen molar-refractivity contribution in [1.29, 1.82) is 0 Å². The first kappa shape index (κ1) is 26.9. The van der Waals surface area contributed by atoms with Crippen molar-refractivity contribution >= 4 is 42.4 Å². The zero-order chi connectivity index (χ0) is 26.6. The van der Waals surface area contributed by atoms with Gasteiger partial charge in [0.05, 0.1) is 32.6 Å². The predicted molar refractivity (Wildman–Crippen MR) is 141 cm³/mol. The van der Waals surface area contributed by atoms with E-state index in [2.05, 4.69) is 14.7 Å². The number of fused-ring (bicyclic) bond motifs is 1. The topological polar surface area (TPSA) is 115 Å². The highest BCUT2D eigenvalue weighted by Crippen LogP contribution is 2.34. The zero-order valence-corrected chi connectivity index (χ0v) is 22.1. The molecule has 194 valence electrons. The lowest BCUT2D eigenvalue weighted by Gasteiger charge is -2.12. The van der Waals surface area contributed by atoms with Crippen LogP contribution in [0.15, 0.2) is 71.9 Å². The van der Waals surface area contributed by atoms with Crippen LogP contribution in [0.3, 0.4) is 0 Å². The van der Waals surface area contributed by atoms with Gasteiger partial charge in [0.2, 0.25) is 10.0 Å². The first-order valence-electron chi connectivity index (χ1n) is 11.3. The highest BCUT2D eigenvalue weighted by molar-refractivity contribution is 7.91. The Balaban J connectivity index is 1.55. The van der Waals surface area contributed by atoms with Crippen molar-refractivity contribution in [3.05, 3.63) is 77.8 Å². The monoisotopic (exact) mass is 563 g/mol. The summed E-state index contributed by atoms with van der Waals surface area (Å²) in [5.74, 6) is -0.338. The molecule has 0 unspecified atom stereocenters. The van der Waals surface area contributed by atoms with Gasteiger partial charge in [-0.1, -0.05) is 29.8 Å². The second kappa shape index (κ2) is 11.1. The van der Waals surface area contributed by atoms with Crippen LogP contribution in [-0.4, -0.2) is 44.9 Å². The maximum Gasteiger partial charge on any atom is 0.211 e. The molecule has 3 aromatic carbocycles. The molecule has 0 amide bonds. The minimum absolute atomic E-state index is 0.0207. The number of sulfone groups is 1. The van der Waals surface area contributed by atoms with Gasteiger partial charge in [0.25, 0.3) is 0 Å². The van der Waals surface area contributed by atoms with E-state index in [1.165, 1.54) is 49.6 Å². The number of para-hydroxylation sites is 1. The normalized spacial score (nSPS) is 12.1. The first-order chi connectivity index (χ1) is 17.6. The van der Waals surface area contributed by atoms with E-state index in [0.717, 1.165) is 0 Å². The number of rotatable bonds is 10. The molecule has 0 aliphatic carbocycles. The van der Waals surface area contributed by atoms with E-state index < -0.39 is 25.7 Å². The van der Waals surface area contributed by atoms with Gasteiger partial charge >= 0.3 is 0 Å². The molecule has 0 spiro atoms. The van der Waals surface area contributed by atoms with Crippen molar-refractivity contribution in [3.8, 4) is 22.8 Å². The van der Waals surface area contributed by atoms with Crippen LogP contribution in [0, 0.1) is 5.82 Å². The van der Waals surface area contributed by atoms with Crippen molar-refractivity contribution in [2.24, 2.45) is 0 Å². The van der Waals surface area contributed by atoms with Gasteiger partial charge in [-0.05, 0) is 55.8 Å². The summed E-state index contributed by atoms with van der Waals surface area (Å²) in [5.41, 5.74) is 0.997. The number of sulfonamides is 1. The fourth-order valence-corrected chi connectivity index (χ4v) is 5.82. The Labute approximate surface area is 219 Å². The third-order valence-electron chi connectivity index (χ3n) is 5.50. The van der Waals surface area contributed by atoms with Crippen molar-refractivity contribution in [2.75, 3.05) is 18.1 Å². The molecule has 0 atom stereocenters. The van der Waals surface area contributed by atoms with Gasteiger partial charge in [-0.15, -0.1) is 0 Å². The van der Waals surface area contributed by atoms with Crippen LogP contribution < -0.4 is 9.46 Å². The molecule has 8 nitrogen and oxygen atoms in total. The van der Waals surface area contributed by atoms with Crippen molar-refractivity contribution < 1.29 is 26.0 Å². The molecule has 0 bridgehead atoms. The van der Waals surface area contributed by atoms with Gasteiger partial charge in [0.15, 0.2) is 9.84 Å². The number of nitrogens with zero attached hydrogens (tertiary/aromatic N) is 2. The van der Waals surface area contributed by atoms with Gasteiger partial charge in [-0.25, -0.2) is 35.9 Å². The maximum absolute atomic E-state index is 14.8. The van der Waals surface area contributed by atoms with E-state index >= 15 is 0 Å². The number of hydrogen-bond acceptors (Lipinski definition) is 7. The Hall–Kier alpha value is -3.12. The molecule has 0 radical (unpaired) electrons. The molecule has 0 saturated carbocycles. The summed E-state index contributed by atoms with van der Waals surface area (Å²) in [6, 6.07) is 15.2. The van der Waals surface area contributed by atoms with Gasteiger partial charge in [0, 0.05) is 17.5 Å². The van der Waals surface area contributed by atoms with Crippen LogP contribution in [0.5, 0.6) is 11.5 Å². The quantitative estimate of drug-likeness (QED) is 0.270. The number of aromatic nitrogens is 2. The minimum atomic E-state index is -3.69. The van der Waals surface area contributed by atoms with Crippen LogP contribution in [-0.2, 0) is 19.9 Å². The van der Waals surface area contributed by atoms with E-state index in [0.29, 0.717) is 21.6 Å². The molecule has 37 heavy (non-hydrogen) atoms. The largest absolute Gasteiger partial charge is 0.457 e. The molecule has 1 heterocycles. The van der Waals surface area contributed by atoms with Crippen LogP contribution in [0.1, 0.15) is 13.3 Å². The summed E-state index contributed by atoms with van der Waals surface area (Å²) < 4.78 is 71.6. The Bertz CT molecular complexity index is 1660. The van der Waals surface area contributed by atoms with Gasteiger partial charge in [-0.3, -0.25) is 0 Å². The second-order valence-electron chi connectivity index (χ2n) is 8.05. The smallest absolute Gasteiger partial charge is 0.211 e. The average Bonchev–Trinajstić information content (AvgIpc) is 2.88. The molecule has 0 aliphatic heterocycles. The van der Waals surface area contributed by atoms with E-state index in [9.17, 15) is 21.2 Å². The van der Waals surface area contributed by atoms with Gasteiger partial charge < -0.3 is 4.74 Å². The lowest BCUT2D eigenvalue weighted by Crippen LogP contribution is -2.27. The summed E-state index contributed by atoms with van der Waals surface area (Å²) in [4.78, 5) is 8.45. The fourth-order valence-electron chi connectivity index (χ4n) is 3.59. The highest BCUT2D eigenvalue weighted by atomic mass is 35.5. The number of halogens is 2. The van der Waals surface area contributed by atoms with E-state index in [1.807, 2.05) is 0 Å². The third-order valence-corrected chi connectivity index (χ3v) is 9.01. The molecule has 1 aromatic heterocycles. The van der Waals surface area contributed by atoms with Gasteiger partial charge in [-0.2, -0.15) is 0 Å². The van der Waals surface area contributed by atoms with E-state index in [1.54, 1.807) is 24.3 Å². The minimum Gasteiger partial charge on any atom is -0.457 e. The fraction of sp³-hybridized carbons (Fsp3) is 0.200. The summed E-state index contributed by atoms with van der Waals surface area (Å²) in [7, 11) is -7.08. The van der Waals surface area contributed by atoms with Crippen LogP contribution in [0.2, 0.25) is 5.02 Å². The average molecular weight is 564 g/mol. The second-order valence-corrected chi connectivity index (χ2v) is 12.7. The molecule has 0 fully saturated rings. The summed E-state index contributed by atoms with van der Waals surface area (Å²) in [5, 5.41) is 0.982. The molecule has 1 N–H and O–H groups in total. The third kappa shape index (κ3) is 6.42. The van der Waals surface area contributed by atoms with E-state index in [4.69, 9.17) is 16.3 Å². The predicted octanol–water partition coefficient (Wildman–Crippen LogP) is 4.98. The van der Waals surface area contributed by atoms with Crippen LogP contribution in [0.4, 0.5) is 4.39 Å². The van der Waals surface area contributed by atoms with Crippen LogP contribution >= 0.6 is 11.6 Å². The highest BCUT2D eigenvalue weighted by Gasteiger charge is 2.17. The number of ether oxygens (including phenoxy) is 1. The Morgan fingerprint density at radius 1 is 0.973 bits per heavy atom. The Morgan fingerprint density at radius 2 is 1.73 bits per heavy atom. The van der Waals surface area contributed by atoms with Crippen molar-refractivity contribution in [1.82, 2.24) is 14.7 Å². The van der Waals surface area contributed by atoms with E-state index in [-0.39, 0.29) is 46.4 Å². The summed E-state index contributed by atoms with van der Waals surface area (Å²) in [6.45, 7) is 1.52. The van der Waals surface area contributed by atoms with Crippen molar-refractivity contribution in [2.45, 2.75) is 18.2 Å². The molecule has 12 heteroatoms. The molecule has 0 aliphatic rings. The maximum atomic E-state index is 14.8. The molecular formula is C25H23ClFN3O5S2. The Morgan fingerprint density at radius 3 is 2.51 bits per heavy atom. The lowest BCUT2D eigenvalue weighted by atomic mass is 10.1. The zero-order valence-electron chi connectivity index (χ0n) is 19.7. The molecule has 4 rings (SSSR count). The number of hydrogen-bond donors (Lipinski definition) is 1. The molecular weight excluding hydrogens is 541 g/mol. The summed E-state index contributed by atoms with van der Waals surface area (Å²) in [6.07, 6.45) is 1.42. The Kier molecular flexibility index (Phi) is 8.08. The SMILES string of the molecule is CCS(=O)(=O)NCCCS(=O)(=O)c1cccc(Oc2ccc(F)c(-c3ncnc4c(Cl)cccc34)c2)c1. The number of nitrogens with one attached hydrogen (secondary N) is 1. The lowest BCUT2D eigenvalue weighted by molar-refractivity contribution is 0.479. The summed E-state index contributed by atoms with van der Waals surface area (Å²) >= 11 is 6.22.